The summed E-state index contributed by atoms with van der Waals surface area (Å²) in [4.78, 5) is 18.3. The molecule has 0 atom stereocenters. The average Bonchev–Trinajstić information content (AvgIpc) is 3.44. The zero-order valence-corrected chi connectivity index (χ0v) is 19.1. The van der Waals surface area contributed by atoms with Crippen molar-refractivity contribution in [2.75, 3.05) is 0 Å². The third-order valence-electron chi connectivity index (χ3n) is 5.51. The molecule has 3 aromatic rings. The molecule has 0 aliphatic heterocycles. The molecule has 1 saturated carbocycles. The van der Waals surface area contributed by atoms with E-state index in [4.69, 9.17) is 5.10 Å². The fourth-order valence-corrected chi connectivity index (χ4v) is 4.90. The molecule has 5 nitrogen and oxygen atoms in total. The maximum atomic E-state index is 12.5. The molecule has 1 aliphatic rings. The van der Waals surface area contributed by atoms with Crippen LogP contribution in [0.1, 0.15) is 56.8 Å². The zero-order chi connectivity index (χ0) is 21.6. The number of rotatable bonds is 8. The number of amides is 1. The second-order valence-corrected chi connectivity index (χ2v) is 10.0. The number of hydrogen-bond donors (Lipinski definition) is 1. The largest absolute Gasteiger partial charge is 0.350 e. The minimum atomic E-state index is 0.0130. The third-order valence-corrected chi connectivity index (χ3v) is 6.53. The Hall–Kier alpha value is -2.60. The lowest BCUT2D eigenvalue weighted by Crippen LogP contribution is -2.24. The number of pyridine rings is 1. The molecule has 31 heavy (non-hydrogen) atoms. The van der Waals surface area contributed by atoms with Crippen molar-refractivity contribution in [3.05, 3.63) is 66.0 Å². The summed E-state index contributed by atoms with van der Waals surface area (Å²) >= 11 is 1.83. The number of carbonyl (C=O) groups excluding carboxylic acids is 1. The van der Waals surface area contributed by atoms with Crippen LogP contribution in [-0.4, -0.2) is 25.9 Å². The molecule has 1 N–H and O–H groups in total. The number of nitrogens with one attached hydrogen (secondary N) is 1. The van der Waals surface area contributed by atoms with E-state index in [1.807, 2.05) is 48.3 Å². The standard InChI is InChI=1S/C25H30N4OS/c1-18(2)31-22-12-10-19(11-13-22)15-25(30)27-17-20-16-24(23-9-5-6-14-26-23)29(28-20)21-7-3-4-8-21/h5-6,9-14,16,18,21H,3-4,7-8,15,17H2,1-2H3,(H,27,30). The van der Waals surface area contributed by atoms with Gasteiger partial charge < -0.3 is 5.32 Å². The Balaban J connectivity index is 1.40. The second kappa shape index (κ2) is 10.1. The van der Waals surface area contributed by atoms with Gasteiger partial charge in [0.2, 0.25) is 5.91 Å². The lowest BCUT2D eigenvalue weighted by Gasteiger charge is -2.13. The van der Waals surface area contributed by atoms with Crippen LogP contribution in [0.4, 0.5) is 0 Å². The van der Waals surface area contributed by atoms with Gasteiger partial charge in [0, 0.05) is 16.3 Å². The number of thioether (sulfide) groups is 1. The van der Waals surface area contributed by atoms with Crippen molar-refractivity contribution >= 4 is 17.7 Å². The van der Waals surface area contributed by atoms with E-state index < -0.39 is 0 Å². The molecule has 0 spiro atoms. The van der Waals surface area contributed by atoms with Crippen LogP contribution in [-0.2, 0) is 17.8 Å². The highest BCUT2D eigenvalue weighted by Gasteiger charge is 2.22. The lowest BCUT2D eigenvalue weighted by atomic mass is 10.1. The van der Waals surface area contributed by atoms with Gasteiger partial charge in [0.1, 0.15) is 0 Å². The molecule has 4 rings (SSSR count). The lowest BCUT2D eigenvalue weighted by molar-refractivity contribution is -0.120. The molecule has 2 heterocycles. The Morgan fingerprint density at radius 2 is 1.94 bits per heavy atom. The Morgan fingerprint density at radius 1 is 1.16 bits per heavy atom. The second-order valence-electron chi connectivity index (χ2n) is 8.38. The van der Waals surface area contributed by atoms with Crippen molar-refractivity contribution < 1.29 is 4.79 Å². The van der Waals surface area contributed by atoms with Crippen LogP contribution in [0.5, 0.6) is 0 Å². The molecule has 0 radical (unpaired) electrons. The first-order valence-corrected chi connectivity index (χ1v) is 12.0. The van der Waals surface area contributed by atoms with Gasteiger partial charge in [-0.1, -0.05) is 44.9 Å². The van der Waals surface area contributed by atoms with E-state index in [0.29, 0.717) is 24.3 Å². The highest BCUT2D eigenvalue weighted by atomic mass is 32.2. The summed E-state index contributed by atoms with van der Waals surface area (Å²) in [5, 5.41) is 8.43. The van der Waals surface area contributed by atoms with E-state index in [-0.39, 0.29) is 5.91 Å². The number of nitrogens with zero attached hydrogens (tertiary/aromatic N) is 3. The highest BCUT2D eigenvalue weighted by Crippen LogP contribution is 2.33. The summed E-state index contributed by atoms with van der Waals surface area (Å²) in [6, 6.07) is 16.7. The monoisotopic (exact) mass is 434 g/mol. The van der Waals surface area contributed by atoms with Gasteiger partial charge in [-0.2, -0.15) is 5.10 Å². The summed E-state index contributed by atoms with van der Waals surface area (Å²) in [5.74, 6) is 0.0130. The Bertz CT molecular complexity index is 992. The normalized spacial score (nSPS) is 14.3. The predicted octanol–water partition coefficient (Wildman–Crippen LogP) is 5.42. The third kappa shape index (κ3) is 5.76. The minimum absolute atomic E-state index is 0.0130. The van der Waals surface area contributed by atoms with Crippen LogP contribution in [0.3, 0.4) is 0 Å². The van der Waals surface area contributed by atoms with Gasteiger partial charge >= 0.3 is 0 Å². The van der Waals surface area contributed by atoms with Crippen LogP contribution < -0.4 is 5.32 Å². The molecule has 1 amide bonds. The van der Waals surface area contributed by atoms with Crippen molar-refractivity contribution in [3.8, 4) is 11.4 Å². The van der Waals surface area contributed by atoms with Crippen molar-refractivity contribution in [1.29, 1.82) is 0 Å². The summed E-state index contributed by atoms with van der Waals surface area (Å²) in [6.45, 7) is 4.79. The van der Waals surface area contributed by atoms with Gasteiger partial charge in [-0.25, -0.2) is 0 Å². The number of carbonyl (C=O) groups is 1. The molecule has 2 aromatic heterocycles. The van der Waals surface area contributed by atoms with E-state index in [9.17, 15) is 4.79 Å². The quantitative estimate of drug-likeness (QED) is 0.481. The minimum Gasteiger partial charge on any atom is -0.350 e. The summed E-state index contributed by atoms with van der Waals surface area (Å²) < 4.78 is 2.13. The fraction of sp³-hybridized carbons (Fsp3) is 0.400. The van der Waals surface area contributed by atoms with Crippen molar-refractivity contribution in [3.63, 3.8) is 0 Å². The van der Waals surface area contributed by atoms with Gasteiger partial charge in [-0.05, 0) is 48.7 Å². The molecule has 0 bridgehead atoms. The van der Waals surface area contributed by atoms with Crippen LogP contribution in [0.15, 0.2) is 59.6 Å². The molecule has 6 heteroatoms. The van der Waals surface area contributed by atoms with Crippen molar-refractivity contribution in [2.45, 2.75) is 68.7 Å². The molecule has 162 valence electrons. The van der Waals surface area contributed by atoms with Crippen molar-refractivity contribution in [1.82, 2.24) is 20.1 Å². The van der Waals surface area contributed by atoms with E-state index >= 15 is 0 Å². The van der Waals surface area contributed by atoms with E-state index in [1.54, 1.807) is 0 Å². The first-order chi connectivity index (χ1) is 15.1. The van der Waals surface area contributed by atoms with Crippen LogP contribution in [0.25, 0.3) is 11.4 Å². The fourth-order valence-electron chi connectivity index (χ4n) is 4.06. The summed E-state index contributed by atoms with van der Waals surface area (Å²) in [7, 11) is 0. The molecule has 1 aliphatic carbocycles. The summed E-state index contributed by atoms with van der Waals surface area (Å²) in [6.07, 6.45) is 6.98. The number of benzene rings is 1. The van der Waals surface area contributed by atoms with E-state index in [1.165, 1.54) is 17.7 Å². The first kappa shape index (κ1) is 21.6. The highest BCUT2D eigenvalue weighted by molar-refractivity contribution is 7.99. The molecule has 1 aromatic carbocycles. The van der Waals surface area contributed by atoms with Gasteiger partial charge in [-0.15, -0.1) is 11.8 Å². The average molecular weight is 435 g/mol. The smallest absolute Gasteiger partial charge is 0.224 e. The maximum Gasteiger partial charge on any atom is 0.224 e. The number of aromatic nitrogens is 3. The topological polar surface area (TPSA) is 59.8 Å². The van der Waals surface area contributed by atoms with Gasteiger partial charge in [0.05, 0.1) is 36.1 Å². The summed E-state index contributed by atoms with van der Waals surface area (Å²) in [5.41, 5.74) is 3.87. The SMILES string of the molecule is CC(C)Sc1ccc(CC(=O)NCc2cc(-c3ccccn3)n(C3CCCC3)n2)cc1. The van der Waals surface area contributed by atoms with Crippen LogP contribution in [0, 0.1) is 0 Å². The van der Waals surface area contributed by atoms with Gasteiger partial charge in [0.15, 0.2) is 0 Å². The van der Waals surface area contributed by atoms with Gasteiger partial charge in [-0.3, -0.25) is 14.5 Å². The number of hydrogen-bond acceptors (Lipinski definition) is 4. The molecular weight excluding hydrogens is 404 g/mol. The van der Waals surface area contributed by atoms with Crippen LogP contribution in [0.2, 0.25) is 0 Å². The molecular formula is C25H30N4OS. The Kier molecular flexibility index (Phi) is 7.07. The van der Waals surface area contributed by atoms with Crippen LogP contribution >= 0.6 is 11.8 Å². The Morgan fingerprint density at radius 3 is 2.61 bits per heavy atom. The molecule has 0 unspecified atom stereocenters. The van der Waals surface area contributed by atoms with Gasteiger partial charge in [0.25, 0.3) is 0 Å². The molecule has 0 saturated heterocycles. The van der Waals surface area contributed by atoms with E-state index in [2.05, 4.69) is 47.0 Å². The first-order valence-electron chi connectivity index (χ1n) is 11.1. The maximum absolute atomic E-state index is 12.5. The predicted molar refractivity (Wildman–Crippen MR) is 126 cm³/mol. The zero-order valence-electron chi connectivity index (χ0n) is 18.3. The van der Waals surface area contributed by atoms with E-state index in [0.717, 1.165) is 35.5 Å². The van der Waals surface area contributed by atoms with Crippen molar-refractivity contribution in [2.24, 2.45) is 0 Å². The Labute approximate surface area is 188 Å². The molecule has 1 fully saturated rings.